The topological polar surface area (TPSA) is 26.7 Å². The molecule has 0 aromatic heterocycles. The molecule has 0 saturated heterocycles. The summed E-state index contributed by atoms with van der Waals surface area (Å²) in [5.41, 5.74) is 24.2. The molecule has 468 valence electrons. The minimum absolute atomic E-state index is 0.104. The number of hydrogen-bond donors (Lipinski definition) is 1. The van der Waals surface area contributed by atoms with E-state index in [1.54, 1.807) is 0 Å². The summed E-state index contributed by atoms with van der Waals surface area (Å²) in [5, 5.41) is 15.7. The van der Waals surface area contributed by atoms with Crippen LogP contribution in [0.3, 0.4) is 0 Å². The highest BCUT2D eigenvalue weighted by Gasteiger charge is 2.26. The summed E-state index contributed by atoms with van der Waals surface area (Å²) < 4.78 is 0. The molecule has 0 bridgehead atoms. The number of aryl methyl sites for hydroxylation is 3. The SMILES string of the molecule is CCCCCCCCc1cc(-c2ccc(N(c3ccc(C)cc3)c3ccc(-c4ccccc4)cc3)cc2)c2ccccc2c1-c1c(CCCCCCCC)cc(-c2ccc(N(c3ccc(-c4ccccc4)cc3)c3ccc(C(C)(CC)CO)cc3)cc2)c2ccccc12. The maximum absolute atomic E-state index is 10.5. The van der Waals surface area contributed by atoms with E-state index in [9.17, 15) is 5.11 Å². The van der Waals surface area contributed by atoms with Gasteiger partial charge < -0.3 is 14.9 Å². The maximum Gasteiger partial charge on any atom is 0.0525 e. The van der Waals surface area contributed by atoms with E-state index in [0.29, 0.717) is 0 Å². The Balaban J connectivity index is 0.968. The molecule has 0 heterocycles. The van der Waals surface area contributed by atoms with Crippen molar-refractivity contribution >= 4 is 55.7 Å². The van der Waals surface area contributed by atoms with Gasteiger partial charge in [-0.3, -0.25) is 0 Å². The summed E-state index contributed by atoms with van der Waals surface area (Å²) in [6, 6.07) is 99.6. The molecule has 93 heavy (non-hydrogen) atoms. The zero-order valence-electron chi connectivity index (χ0n) is 55.6. The van der Waals surface area contributed by atoms with Gasteiger partial charge in [0.1, 0.15) is 0 Å². The van der Waals surface area contributed by atoms with Crippen LogP contribution in [0.2, 0.25) is 0 Å². The second-order valence-electron chi connectivity index (χ2n) is 26.1. The van der Waals surface area contributed by atoms with Crippen molar-refractivity contribution in [1.29, 1.82) is 0 Å². The van der Waals surface area contributed by atoms with Crippen LogP contribution < -0.4 is 9.80 Å². The average molecular weight is 1220 g/mol. The van der Waals surface area contributed by atoms with Gasteiger partial charge in [-0.05, 0) is 218 Å². The minimum atomic E-state index is -0.307. The smallest absolute Gasteiger partial charge is 0.0525 e. The summed E-state index contributed by atoms with van der Waals surface area (Å²) in [4.78, 5) is 4.76. The summed E-state index contributed by atoms with van der Waals surface area (Å²) in [5.74, 6) is 0. The lowest BCUT2D eigenvalue weighted by Crippen LogP contribution is -2.25. The number of fused-ring (bicyclic) bond motifs is 2. The Morgan fingerprint density at radius 1 is 0.312 bits per heavy atom. The van der Waals surface area contributed by atoms with E-state index < -0.39 is 0 Å². The number of anilines is 6. The maximum atomic E-state index is 10.5. The van der Waals surface area contributed by atoms with Gasteiger partial charge >= 0.3 is 0 Å². The standard InChI is InChI=1S/C90H92N2O/c1-6-9-11-13-15-19-33-73-63-86(71-45-57-79(58-46-71)91(76-51-39-66(4)40-52-76)77-53-41-69(42-54-77)67-29-21-17-22-30-67)82-35-25-27-37-84(82)88(73)89-74(34-20-16-14-12-10-7-2)64-87(83-36-26-28-38-85(83)89)72-47-59-80(60-48-72)92(81-61-49-75(50-62-81)90(5,8-3)65-93)78-55-43-70(44-56-78)68-31-23-18-24-32-68/h17-18,21-32,35-64,93H,6-16,19-20,33-34,65H2,1-5H3. The zero-order chi connectivity index (χ0) is 63.9. The molecule has 1 unspecified atom stereocenters. The lowest BCUT2D eigenvalue weighted by Gasteiger charge is -2.29. The second kappa shape index (κ2) is 30.4. The number of unbranched alkanes of at least 4 members (excludes halogenated alkanes) is 10. The van der Waals surface area contributed by atoms with Crippen LogP contribution in [-0.2, 0) is 18.3 Å². The van der Waals surface area contributed by atoms with Crippen LogP contribution in [0, 0.1) is 6.92 Å². The van der Waals surface area contributed by atoms with Crippen LogP contribution in [0.4, 0.5) is 34.1 Å². The molecular weight excluding hydrogens is 1130 g/mol. The third-order valence-corrected chi connectivity index (χ3v) is 19.7. The van der Waals surface area contributed by atoms with Gasteiger partial charge in [-0.1, -0.05) is 279 Å². The molecule has 3 heteroatoms. The highest BCUT2D eigenvalue weighted by atomic mass is 16.3. The van der Waals surface area contributed by atoms with Crippen LogP contribution in [0.25, 0.3) is 77.2 Å². The fourth-order valence-corrected chi connectivity index (χ4v) is 14.0. The van der Waals surface area contributed by atoms with E-state index in [-0.39, 0.29) is 12.0 Å². The van der Waals surface area contributed by atoms with E-state index in [2.05, 4.69) is 311 Å². The largest absolute Gasteiger partial charge is 0.395 e. The Labute approximate surface area is 555 Å². The first-order valence-corrected chi connectivity index (χ1v) is 34.8. The van der Waals surface area contributed by atoms with Crippen molar-refractivity contribution in [2.45, 2.75) is 136 Å². The van der Waals surface area contributed by atoms with Crippen LogP contribution >= 0.6 is 0 Å². The van der Waals surface area contributed by atoms with Crippen molar-refractivity contribution in [3.05, 3.63) is 289 Å². The number of rotatable bonds is 28. The summed E-state index contributed by atoms with van der Waals surface area (Å²) in [6.45, 7) is 11.2. The third-order valence-electron chi connectivity index (χ3n) is 19.7. The predicted octanol–water partition coefficient (Wildman–Crippen LogP) is 26.0. The van der Waals surface area contributed by atoms with Crippen molar-refractivity contribution in [1.82, 2.24) is 0 Å². The monoisotopic (exact) mass is 1220 g/mol. The molecule has 0 aliphatic rings. The van der Waals surface area contributed by atoms with Gasteiger partial charge in [-0.15, -0.1) is 0 Å². The van der Waals surface area contributed by atoms with Crippen molar-refractivity contribution in [2.24, 2.45) is 0 Å². The fourth-order valence-electron chi connectivity index (χ4n) is 14.0. The Bertz CT molecular complexity index is 4340. The van der Waals surface area contributed by atoms with E-state index in [0.717, 1.165) is 71.8 Å². The molecule has 1 atom stereocenters. The first-order valence-electron chi connectivity index (χ1n) is 34.8. The molecule has 12 aromatic carbocycles. The molecule has 1 N–H and O–H groups in total. The Hall–Kier alpha value is -9.28. The number of aliphatic hydroxyl groups is 1. The molecular formula is C90H92N2O. The third kappa shape index (κ3) is 14.5. The average Bonchev–Trinajstić information content (AvgIpc) is 0.742. The molecule has 12 rings (SSSR count). The van der Waals surface area contributed by atoms with Gasteiger partial charge in [0, 0.05) is 39.5 Å². The molecule has 0 fully saturated rings. The number of hydrogen-bond acceptors (Lipinski definition) is 3. The fraction of sp³-hybridized carbons (Fsp3) is 0.244. The number of nitrogens with zero attached hydrogens (tertiary/aromatic N) is 2. The van der Waals surface area contributed by atoms with Crippen LogP contribution in [0.15, 0.2) is 267 Å². The quantitative estimate of drug-likeness (QED) is 0.0495. The van der Waals surface area contributed by atoms with Crippen molar-refractivity contribution in [3.8, 4) is 55.6 Å². The first-order chi connectivity index (χ1) is 45.7. The molecule has 0 aliphatic carbocycles. The molecule has 12 aromatic rings. The Morgan fingerprint density at radius 3 is 0.968 bits per heavy atom. The molecule has 3 nitrogen and oxygen atoms in total. The minimum Gasteiger partial charge on any atom is -0.395 e. The van der Waals surface area contributed by atoms with Crippen molar-refractivity contribution in [3.63, 3.8) is 0 Å². The van der Waals surface area contributed by atoms with E-state index >= 15 is 0 Å². The predicted molar refractivity (Wildman–Crippen MR) is 402 cm³/mol. The van der Waals surface area contributed by atoms with E-state index in [1.807, 2.05) is 0 Å². The molecule has 0 spiro atoms. The van der Waals surface area contributed by atoms with Gasteiger partial charge in [-0.2, -0.15) is 0 Å². The Morgan fingerprint density at radius 2 is 0.613 bits per heavy atom. The lowest BCUT2D eigenvalue weighted by atomic mass is 9.80. The summed E-state index contributed by atoms with van der Waals surface area (Å²) >= 11 is 0. The first kappa shape index (κ1) is 63.9. The van der Waals surface area contributed by atoms with Gasteiger partial charge in [0.05, 0.1) is 6.61 Å². The van der Waals surface area contributed by atoms with Crippen LogP contribution in [0.1, 0.15) is 133 Å². The second-order valence-corrected chi connectivity index (χ2v) is 26.1. The Kier molecular flexibility index (Phi) is 20.9. The lowest BCUT2D eigenvalue weighted by molar-refractivity contribution is 0.201. The van der Waals surface area contributed by atoms with Crippen molar-refractivity contribution in [2.75, 3.05) is 16.4 Å². The van der Waals surface area contributed by atoms with E-state index in [4.69, 9.17) is 0 Å². The number of benzene rings is 12. The van der Waals surface area contributed by atoms with Gasteiger partial charge in [-0.25, -0.2) is 0 Å². The van der Waals surface area contributed by atoms with Crippen LogP contribution in [-0.4, -0.2) is 11.7 Å². The van der Waals surface area contributed by atoms with E-state index in [1.165, 1.54) is 158 Å². The number of aliphatic hydroxyl groups excluding tert-OH is 1. The zero-order valence-corrected chi connectivity index (χ0v) is 55.6. The molecule has 0 saturated carbocycles. The van der Waals surface area contributed by atoms with Gasteiger partial charge in [0.15, 0.2) is 0 Å². The van der Waals surface area contributed by atoms with Gasteiger partial charge in [0.25, 0.3) is 0 Å². The van der Waals surface area contributed by atoms with Crippen LogP contribution in [0.5, 0.6) is 0 Å². The highest BCUT2D eigenvalue weighted by Crippen LogP contribution is 2.48. The van der Waals surface area contributed by atoms with Gasteiger partial charge in [0.2, 0.25) is 0 Å². The molecule has 0 aliphatic heterocycles. The normalized spacial score (nSPS) is 12.1. The highest BCUT2D eigenvalue weighted by molar-refractivity contribution is 6.14. The van der Waals surface area contributed by atoms with Crippen molar-refractivity contribution < 1.29 is 5.11 Å². The molecule has 0 amide bonds. The molecule has 0 radical (unpaired) electrons. The summed E-state index contributed by atoms with van der Waals surface area (Å²) in [7, 11) is 0. The summed E-state index contributed by atoms with van der Waals surface area (Å²) in [6.07, 6.45) is 17.8.